The molecule has 2 aliphatic rings. The molecule has 0 aliphatic carbocycles. The molecule has 4 rings (SSSR count). The molecular weight excluding hydrogens is 356 g/mol. The third kappa shape index (κ3) is 3.03. The number of carbonyl (C=O) groups is 2. The highest BCUT2D eigenvalue weighted by Crippen LogP contribution is 2.49. The van der Waals surface area contributed by atoms with Crippen LogP contribution in [0.3, 0.4) is 0 Å². The molecule has 2 aliphatic heterocycles. The lowest BCUT2D eigenvalue weighted by Crippen LogP contribution is -2.46. The van der Waals surface area contributed by atoms with E-state index in [0.29, 0.717) is 17.9 Å². The van der Waals surface area contributed by atoms with E-state index in [1.807, 2.05) is 61.5 Å². The average molecular weight is 380 g/mol. The first-order chi connectivity index (χ1) is 13.4. The van der Waals surface area contributed by atoms with Crippen molar-refractivity contribution in [2.24, 2.45) is 5.41 Å². The van der Waals surface area contributed by atoms with E-state index < -0.39 is 11.4 Å². The Morgan fingerprint density at radius 2 is 2.00 bits per heavy atom. The van der Waals surface area contributed by atoms with E-state index in [-0.39, 0.29) is 25.0 Å². The minimum absolute atomic E-state index is 0.0778. The van der Waals surface area contributed by atoms with Crippen LogP contribution in [-0.2, 0) is 11.3 Å². The second kappa shape index (κ2) is 6.95. The number of rotatable bonds is 4. The first-order valence-electron chi connectivity index (χ1n) is 9.39. The van der Waals surface area contributed by atoms with Crippen molar-refractivity contribution in [3.63, 3.8) is 0 Å². The van der Waals surface area contributed by atoms with Crippen LogP contribution < -0.4 is 4.74 Å². The summed E-state index contributed by atoms with van der Waals surface area (Å²) >= 11 is 0. The molecule has 0 bridgehead atoms. The largest absolute Gasteiger partial charge is 0.492 e. The molecule has 2 heterocycles. The normalized spacial score (nSPS) is 23.1. The molecule has 1 saturated heterocycles. The van der Waals surface area contributed by atoms with Gasteiger partial charge in [-0.2, -0.15) is 0 Å². The smallest absolute Gasteiger partial charge is 0.315 e. The number of hydrogen-bond acceptors (Lipinski definition) is 4. The minimum Gasteiger partial charge on any atom is -0.492 e. The maximum Gasteiger partial charge on any atom is 0.315 e. The predicted molar refractivity (Wildman–Crippen MR) is 104 cm³/mol. The second-order valence-electron chi connectivity index (χ2n) is 7.96. The van der Waals surface area contributed by atoms with E-state index in [4.69, 9.17) is 4.74 Å². The van der Waals surface area contributed by atoms with Crippen LogP contribution in [0.5, 0.6) is 5.75 Å². The third-order valence-electron chi connectivity index (χ3n) is 5.71. The van der Waals surface area contributed by atoms with Gasteiger partial charge in [0.05, 0.1) is 0 Å². The molecule has 146 valence electrons. The Hall–Kier alpha value is -2.86. The molecule has 0 saturated carbocycles. The van der Waals surface area contributed by atoms with Crippen LogP contribution in [0.25, 0.3) is 0 Å². The van der Waals surface area contributed by atoms with Gasteiger partial charge in [-0.25, -0.2) is 0 Å². The number of amides is 1. The van der Waals surface area contributed by atoms with E-state index in [1.54, 1.807) is 11.0 Å². The van der Waals surface area contributed by atoms with Gasteiger partial charge in [0.1, 0.15) is 17.8 Å². The van der Waals surface area contributed by atoms with Crippen molar-refractivity contribution < 1.29 is 19.4 Å². The van der Waals surface area contributed by atoms with Gasteiger partial charge >= 0.3 is 5.97 Å². The van der Waals surface area contributed by atoms with Crippen molar-refractivity contribution in [2.75, 3.05) is 33.8 Å². The summed E-state index contributed by atoms with van der Waals surface area (Å²) in [5, 5.41) is 10.0. The highest BCUT2D eigenvalue weighted by Gasteiger charge is 2.57. The molecule has 2 aromatic rings. The summed E-state index contributed by atoms with van der Waals surface area (Å²) in [6.45, 7) is 1.35. The summed E-state index contributed by atoms with van der Waals surface area (Å²) in [6.07, 6.45) is 0. The summed E-state index contributed by atoms with van der Waals surface area (Å²) in [4.78, 5) is 29.1. The van der Waals surface area contributed by atoms with Crippen molar-refractivity contribution in [1.82, 2.24) is 9.80 Å². The Bertz CT molecular complexity index is 926. The Morgan fingerprint density at radius 1 is 1.21 bits per heavy atom. The number of hydrogen-bond donors (Lipinski definition) is 1. The fraction of sp³-hybridized carbons (Fsp3) is 0.364. The Kier molecular flexibility index (Phi) is 4.59. The number of carbonyl (C=O) groups excluding carboxylic acids is 1. The van der Waals surface area contributed by atoms with Gasteiger partial charge in [-0.05, 0) is 37.9 Å². The van der Waals surface area contributed by atoms with Gasteiger partial charge in [-0.1, -0.05) is 30.3 Å². The zero-order valence-corrected chi connectivity index (χ0v) is 16.1. The molecule has 6 nitrogen and oxygen atoms in total. The van der Waals surface area contributed by atoms with Crippen molar-refractivity contribution in [3.8, 4) is 5.75 Å². The number of nitrogens with zero attached hydrogens (tertiary/aromatic N) is 2. The van der Waals surface area contributed by atoms with E-state index in [1.165, 1.54) is 0 Å². The van der Waals surface area contributed by atoms with Gasteiger partial charge in [0, 0.05) is 36.7 Å². The summed E-state index contributed by atoms with van der Waals surface area (Å²) < 4.78 is 5.77. The van der Waals surface area contributed by atoms with E-state index in [2.05, 4.69) is 0 Å². The van der Waals surface area contributed by atoms with Gasteiger partial charge in [-0.15, -0.1) is 0 Å². The van der Waals surface area contributed by atoms with Crippen LogP contribution in [0.4, 0.5) is 0 Å². The highest BCUT2D eigenvalue weighted by molar-refractivity contribution is 5.95. The van der Waals surface area contributed by atoms with Crippen molar-refractivity contribution in [2.45, 2.75) is 12.5 Å². The first kappa shape index (κ1) is 18.5. The molecular formula is C22H24N2O4. The van der Waals surface area contributed by atoms with Crippen molar-refractivity contribution in [1.29, 1.82) is 0 Å². The monoisotopic (exact) mass is 380 g/mol. The SMILES string of the molecule is CN(C)Cc1cccc(C(=O)N2C[C@H]3c4ccccc4OC[C@@]3(C(=O)O)C2)c1. The number of ether oxygens (including phenoxy) is 1. The Morgan fingerprint density at radius 3 is 2.75 bits per heavy atom. The van der Waals surface area contributed by atoms with Gasteiger partial charge in [-0.3, -0.25) is 9.59 Å². The molecule has 0 unspecified atom stereocenters. The number of para-hydroxylation sites is 1. The Balaban J connectivity index is 1.65. The highest BCUT2D eigenvalue weighted by atomic mass is 16.5. The lowest BCUT2D eigenvalue weighted by atomic mass is 9.73. The van der Waals surface area contributed by atoms with Gasteiger partial charge in [0.15, 0.2) is 0 Å². The van der Waals surface area contributed by atoms with Crippen molar-refractivity contribution >= 4 is 11.9 Å². The fourth-order valence-electron chi connectivity index (χ4n) is 4.34. The summed E-state index contributed by atoms with van der Waals surface area (Å²) in [5.74, 6) is -0.604. The van der Waals surface area contributed by atoms with Crippen LogP contribution >= 0.6 is 0 Å². The topological polar surface area (TPSA) is 70.1 Å². The fourth-order valence-corrected chi connectivity index (χ4v) is 4.34. The van der Waals surface area contributed by atoms with E-state index in [0.717, 1.165) is 17.7 Å². The van der Waals surface area contributed by atoms with Crippen LogP contribution in [0, 0.1) is 5.41 Å². The molecule has 0 spiro atoms. The summed E-state index contributed by atoms with van der Waals surface area (Å²) in [5.41, 5.74) is 1.40. The number of fused-ring (bicyclic) bond motifs is 3. The third-order valence-corrected chi connectivity index (χ3v) is 5.71. The predicted octanol–water partition coefficient (Wildman–Crippen LogP) is 2.45. The number of aliphatic carboxylic acids is 1. The molecule has 0 aromatic heterocycles. The maximum atomic E-state index is 13.2. The number of carboxylic acids is 1. The zero-order chi connectivity index (χ0) is 19.9. The van der Waals surface area contributed by atoms with Crippen molar-refractivity contribution in [3.05, 3.63) is 65.2 Å². The van der Waals surface area contributed by atoms with Crippen LogP contribution in [0.2, 0.25) is 0 Å². The van der Waals surface area contributed by atoms with Gasteiger partial charge < -0.3 is 19.6 Å². The molecule has 1 N–H and O–H groups in total. The quantitative estimate of drug-likeness (QED) is 0.882. The molecule has 2 atom stereocenters. The first-order valence-corrected chi connectivity index (χ1v) is 9.39. The number of benzene rings is 2. The average Bonchev–Trinajstić information content (AvgIpc) is 3.09. The minimum atomic E-state index is -1.11. The summed E-state index contributed by atoms with van der Waals surface area (Å²) in [7, 11) is 3.96. The lowest BCUT2D eigenvalue weighted by Gasteiger charge is -2.35. The van der Waals surface area contributed by atoms with Gasteiger partial charge in [0.25, 0.3) is 5.91 Å². The molecule has 0 radical (unpaired) electrons. The molecule has 6 heteroatoms. The molecule has 28 heavy (non-hydrogen) atoms. The molecule has 1 amide bonds. The van der Waals surface area contributed by atoms with Crippen LogP contribution in [-0.4, -0.2) is 60.6 Å². The van der Waals surface area contributed by atoms with Crippen LogP contribution in [0.15, 0.2) is 48.5 Å². The number of carboxylic acid groups (broad SMARTS) is 1. The van der Waals surface area contributed by atoms with E-state index in [9.17, 15) is 14.7 Å². The molecule has 2 aromatic carbocycles. The maximum absolute atomic E-state index is 13.2. The second-order valence-corrected chi connectivity index (χ2v) is 7.96. The van der Waals surface area contributed by atoms with Gasteiger partial charge in [0.2, 0.25) is 0 Å². The standard InChI is InChI=1S/C22H24N2O4/c1-23(2)11-15-6-5-7-16(10-15)20(25)24-12-18-17-8-3-4-9-19(17)28-14-22(18,13-24)21(26)27/h3-10,18H,11-14H2,1-2H3,(H,26,27)/t18-,22-/m0/s1. The summed E-state index contributed by atoms with van der Waals surface area (Å²) in [6, 6.07) is 15.1. The lowest BCUT2D eigenvalue weighted by molar-refractivity contribution is -0.151. The van der Waals surface area contributed by atoms with E-state index >= 15 is 0 Å². The zero-order valence-electron chi connectivity index (χ0n) is 16.1. The van der Waals surface area contributed by atoms with Crippen LogP contribution in [0.1, 0.15) is 27.4 Å². The number of likely N-dealkylation sites (tertiary alicyclic amines) is 1. The molecule has 1 fully saturated rings. The Labute approximate surface area is 164 Å².